The van der Waals surface area contributed by atoms with E-state index in [4.69, 9.17) is 5.73 Å². The minimum Gasteiger partial charge on any atom is -0.326 e. The van der Waals surface area contributed by atoms with Gasteiger partial charge in [-0.15, -0.1) is 11.3 Å². The van der Waals surface area contributed by atoms with Gasteiger partial charge in [-0.05, 0) is 32.5 Å². The van der Waals surface area contributed by atoms with E-state index in [1.165, 1.54) is 11.3 Å². The summed E-state index contributed by atoms with van der Waals surface area (Å²) >= 11 is 1.22. The maximum atomic E-state index is 12.0. The van der Waals surface area contributed by atoms with Crippen molar-refractivity contribution in [2.24, 2.45) is 5.73 Å². The quantitative estimate of drug-likeness (QED) is 0.757. The predicted octanol–water partition coefficient (Wildman–Crippen LogP) is 1.22. The van der Waals surface area contributed by atoms with Gasteiger partial charge in [0, 0.05) is 30.6 Å². The summed E-state index contributed by atoms with van der Waals surface area (Å²) in [6.07, 6.45) is 1.05. The van der Waals surface area contributed by atoms with Gasteiger partial charge in [-0.2, -0.15) is 0 Å². The third-order valence-corrected chi connectivity index (χ3v) is 6.26. The van der Waals surface area contributed by atoms with Crippen LogP contribution < -0.4 is 10.5 Å². The first kappa shape index (κ1) is 16.6. The van der Waals surface area contributed by atoms with Crippen molar-refractivity contribution >= 4 is 21.4 Å². The summed E-state index contributed by atoms with van der Waals surface area (Å²) in [4.78, 5) is 3.01. The van der Waals surface area contributed by atoms with Crippen LogP contribution in [0.4, 0.5) is 0 Å². The molecule has 110 valence electrons. The summed E-state index contributed by atoms with van der Waals surface area (Å²) in [5, 5.41) is 0. The van der Waals surface area contributed by atoms with Gasteiger partial charge >= 0.3 is 0 Å². The summed E-state index contributed by atoms with van der Waals surface area (Å²) < 4.78 is 27.0. The van der Waals surface area contributed by atoms with E-state index in [2.05, 4.69) is 23.5 Å². The average Bonchev–Trinajstić information content (AvgIpc) is 2.86. The number of rotatable bonds is 8. The molecule has 1 rings (SSSR count). The molecule has 0 aliphatic heterocycles. The van der Waals surface area contributed by atoms with Crippen molar-refractivity contribution < 1.29 is 8.42 Å². The Labute approximate surface area is 119 Å². The minimum atomic E-state index is -3.39. The van der Waals surface area contributed by atoms with E-state index < -0.39 is 10.0 Å². The molecule has 5 nitrogen and oxygen atoms in total. The van der Waals surface area contributed by atoms with Crippen molar-refractivity contribution in [2.75, 3.05) is 20.1 Å². The molecule has 0 aromatic carbocycles. The Morgan fingerprint density at radius 2 is 2.16 bits per heavy atom. The molecule has 1 aromatic heterocycles. The van der Waals surface area contributed by atoms with Crippen molar-refractivity contribution in [3.63, 3.8) is 0 Å². The van der Waals surface area contributed by atoms with Gasteiger partial charge in [0.2, 0.25) is 10.0 Å². The Kier molecular flexibility index (Phi) is 6.41. The number of nitrogens with two attached hydrogens (primary N) is 1. The zero-order valence-corrected chi connectivity index (χ0v) is 13.4. The van der Waals surface area contributed by atoms with E-state index in [1.54, 1.807) is 12.1 Å². The molecule has 0 fully saturated rings. The molecule has 0 spiro atoms. The topological polar surface area (TPSA) is 75.4 Å². The van der Waals surface area contributed by atoms with E-state index in [0.29, 0.717) is 29.9 Å². The highest BCUT2D eigenvalue weighted by atomic mass is 32.2. The van der Waals surface area contributed by atoms with Crippen LogP contribution in [0.3, 0.4) is 0 Å². The maximum Gasteiger partial charge on any atom is 0.250 e. The van der Waals surface area contributed by atoms with Crippen molar-refractivity contribution in [1.82, 2.24) is 9.62 Å². The number of sulfonamides is 1. The molecule has 1 unspecified atom stereocenters. The summed E-state index contributed by atoms with van der Waals surface area (Å²) in [7, 11) is -1.39. The highest BCUT2D eigenvalue weighted by molar-refractivity contribution is 7.91. The van der Waals surface area contributed by atoms with E-state index in [9.17, 15) is 8.42 Å². The standard InChI is InChI=1S/C12H23N3O2S2/c1-4-10(2)15(3)8-7-14-19(16,17)12-6-5-11(9-13)18-12/h5-6,10,14H,4,7-9,13H2,1-3H3. The van der Waals surface area contributed by atoms with Crippen molar-refractivity contribution in [3.8, 4) is 0 Å². The zero-order valence-electron chi connectivity index (χ0n) is 11.7. The Morgan fingerprint density at radius 1 is 1.47 bits per heavy atom. The fraction of sp³-hybridized carbons (Fsp3) is 0.667. The lowest BCUT2D eigenvalue weighted by molar-refractivity contribution is 0.256. The summed E-state index contributed by atoms with van der Waals surface area (Å²) in [5.41, 5.74) is 5.48. The second kappa shape index (κ2) is 7.35. The van der Waals surface area contributed by atoms with E-state index >= 15 is 0 Å². The number of hydrogen-bond acceptors (Lipinski definition) is 5. The molecule has 1 aromatic rings. The molecule has 0 radical (unpaired) electrons. The highest BCUT2D eigenvalue weighted by Crippen LogP contribution is 2.20. The highest BCUT2D eigenvalue weighted by Gasteiger charge is 2.16. The third kappa shape index (κ3) is 4.85. The number of likely N-dealkylation sites (N-methyl/N-ethyl adjacent to an activating group) is 1. The SMILES string of the molecule is CCC(C)N(C)CCNS(=O)(=O)c1ccc(CN)s1. The molecule has 0 bridgehead atoms. The number of hydrogen-bond donors (Lipinski definition) is 2. The van der Waals surface area contributed by atoms with Crippen LogP contribution in [0.5, 0.6) is 0 Å². The molecule has 7 heteroatoms. The summed E-state index contributed by atoms with van der Waals surface area (Å²) in [5.74, 6) is 0. The second-order valence-corrected chi connectivity index (χ2v) is 7.72. The van der Waals surface area contributed by atoms with Crippen LogP contribution in [-0.4, -0.2) is 39.5 Å². The molecular formula is C12H23N3O2S2. The van der Waals surface area contributed by atoms with E-state index in [1.807, 2.05) is 7.05 Å². The van der Waals surface area contributed by atoms with Crippen molar-refractivity contribution in [1.29, 1.82) is 0 Å². The summed E-state index contributed by atoms with van der Waals surface area (Å²) in [6.45, 7) is 5.73. The maximum absolute atomic E-state index is 12.0. The monoisotopic (exact) mass is 305 g/mol. The van der Waals surface area contributed by atoms with E-state index in [0.717, 1.165) is 11.3 Å². The molecule has 1 heterocycles. The van der Waals surface area contributed by atoms with Gasteiger partial charge in [-0.1, -0.05) is 6.92 Å². The van der Waals surface area contributed by atoms with Gasteiger partial charge < -0.3 is 10.6 Å². The smallest absolute Gasteiger partial charge is 0.250 e. The molecule has 1 atom stereocenters. The van der Waals surface area contributed by atoms with Gasteiger partial charge in [-0.25, -0.2) is 13.1 Å². The lowest BCUT2D eigenvalue weighted by Crippen LogP contribution is -2.36. The zero-order chi connectivity index (χ0) is 14.5. The molecule has 0 saturated heterocycles. The van der Waals surface area contributed by atoms with Crippen molar-refractivity contribution in [2.45, 2.75) is 37.1 Å². The number of nitrogens with zero attached hydrogens (tertiary/aromatic N) is 1. The molecule has 0 aliphatic rings. The predicted molar refractivity (Wildman–Crippen MR) is 79.8 cm³/mol. The van der Waals surface area contributed by atoms with Gasteiger partial charge in [-0.3, -0.25) is 0 Å². The molecular weight excluding hydrogens is 282 g/mol. The molecule has 3 N–H and O–H groups in total. The van der Waals surface area contributed by atoms with Gasteiger partial charge in [0.1, 0.15) is 4.21 Å². The van der Waals surface area contributed by atoms with Crippen LogP contribution in [0.2, 0.25) is 0 Å². The fourth-order valence-corrected chi connectivity index (χ4v) is 3.87. The molecule has 19 heavy (non-hydrogen) atoms. The normalized spacial score (nSPS) is 13.9. The largest absolute Gasteiger partial charge is 0.326 e. The van der Waals surface area contributed by atoms with Crippen LogP contribution in [0, 0.1) is 0 Å². The minimum absolute atomic E-state index is 0.333. The lowest BCUT2D eigenvalue weighted by Gasteiger charge is -2.23. The van der Waals surface area contributed by atoms with Crippen LogP contribution in [-0.2, 0) is 16.6 Å². The Hall–Kier alpha value is -0.470. The van der Waals surface area contributed by atoms with Gasteiger partial charge in [0.05, 0.1) is 0 Å². The van der Waals surface area contributed by atoms with E-state index in [-0.39, 0.29) is 0 Å². The first-order valence-corrected chi connectivity index (χ1v) is 8.69. The average molecular weight is 305 g/mol. The second-order valence-electron chi connectivity index (χ2n) is 4.56. The Balaban J connectivity index is 2.52. The number of nitrogens with one attached hydrogen (secondary N) is 1. The first-order chi connectivity index (χ1) is 8.90. The number of thiophene rings is 1. The van der Waals surface area contributed by atoms with Crippen molar-refractivity contribution in [3.05, 3.63) is 17.0 Å². The Bertz CT molecular complexity index is 485. The van der Waals surface area contributed by atoms with Crippen LogP contribution in [0.15, 0.2) is 16.3 Å². The van der Waals surface area contributed by atoms with Gasteiger partial charge in [0.25, 0.3) is 0 Å². The molecule has 0 amide bonds. The summed E-state index contributed by atoms with van der Waals surface area (Å²) in [6, 6.07) is 3.81. The van der Waals surface area contributed by atoms with Gasteiger partial charge in [0.15, 0.2) is 0 Å². The molecule has 0 aliphatic carbocycles. The Morgan fingerprint density at radius 3 is 2.68 bits per heavy atom. The lowest BCUT2D eigenvalue weighted by atomic mass is 10.2. The van der Waals surface area contributed by atoms with Crippen LogP contribution >= 0.6 is 11.3 Å². The first-order valence-electron chi connectivity index (χ1n) is 6.39. The molecule has 0 saturated carbocycles. The fourth-order valence-electron chi connectivity index (χ4n) is 1.57. The third-order valence-electron chi connectivity index (χ3n) is 3.20. The van der Waals surface area contributed by atoms with Crippen LogP contribution in [0.1, 0.15) is 25.1 Å². The van der Waals surface area contributed by atoms with Crippen LogP contribution in [0.25, 0.3) is 0 Å².